The normalized spacial score (nSPS) is 15.0. The quantitative estimate of drug-likeness (QED) is 0.516. The molecule has 3 aromatic rings. The third kappa shape index (κ3) is 4.50. The first-order valence-electron chi connectivity index (χ1n) is 11.3. The van der Waals surface area contributed by atoms with Crippen LogP contribution >= 0.6 is 23.4 Å². The van der Waals surface area contributed by atoms with Crippen molar-refractivity contribution in [3.05, 3.63) is 53.1 Å². The van der Waals surface area contributed by atoms with Crippen LogP contribution in [-0.2, 0) is 16.0 Å². The fourth-order valence-corrected chi connectivity index (χ4v) is 5.42. The molecule has 0 saturated carbocycles. The number of para-hydroxylation sites is 1. The zero-order valence-electron chi connectivity index (χ0n) is 18.8. The standard InChI is InChI=1S/C24H25ClN6O2S/c1-16(32)30-13-10-17-14-18(8-9-20(17)30)26-22(33)15-34-24-28-27-23(29-11-4-5-12-29)31(24)21-7-3-2-6-19(21)25/h2-3,6-9,14H,4-5,10-13,15H2,1H3,(H,26,33). The first kappa shape index (κ1) is 22.7. The van der Waals surface area contributed by atoms with E-state index in [9.17, 15) is 9.59 Å². The Hall–Kier alpha value is -3.04. The van der Waals surface area contributed by atoms with Crippen molar-refractivity contribution in [1.82, 2.24) is 14.8 Å². The van der Waals surface area contributed by atoms with E-state index in [4.69, 9.17) is 11.6 Å². The highest BCUT2D eigenvalue weighted by atomic mass is 35.5. The van der Waals surface area contributed by atoms with Crippen LogP contribution in [0.15, 0.2) is 47.6 Å². The number of nitrogens with one attached hydrogen (secondary N) is 1. The molecule has 10 heteroatoms. The van der Waals surface area contributed by atoms with Gasteiger partial charge >= 0.3 is 0 Å². The van der Waals surface area contributed by atoms with E-state index in [2.05, 4.69) is 20.4 Å². The van der Waals surface area contributed by atoms with Gasteiger partial charge in [0.05, 0.1) is 16.5 Å². The smallest absolute Gasteiger partial charge is 0.234 e. The van der Waals surface area contributed by atoms with Crippen LogP contribution in [0, 0.1) is 0 Å². The summed E-state index contributed by atoms with van der Waals surface area (Å²) in [7, 11) is 0. The fourth-order valence-electron chi connectivity index (χ4n) is 4.46. The molecule has 2 amide bonds. The highest BCUT2D eigenvalue weighted by molar-refractivity contribution is 7.99. The van der Waals surface area contributed by atoms with Crippen molar-refractivity contribution < 1.29 is 9.59 Å². The molecule has 176 valence electrons. The molecule has 2 aliphatic heterocycles. The number of aromatic nitrogens is 3. The van der Waals surface area contributed by atoms with Gasteiger partial charge in [-0.15, -0.1) is 10.2 Å². The largest absolute Gasteiger partial charge is 0.341 e. The van der Waals surface area contributed by atoms with E-state index in [0.29, 0.717) is 16.7 Å². The molecular weight excluding hydrogens is 472 g/mol. The molecule has 0 atom stereocenters. The minimum atomic E-state index is -0.136. The number of nitrogens with zero attached hydrogens (tertiary/aromatic N) is 5. The van der Waals surface area contributed by atoms with E-state index in [0.717, 1.165) is 60.9 Å². The molecule has 5 rings (SSSR count). The summed E-state index contributed by atoms with van der Waals surface area (Å²) in [5, 5.41) is 13.0. The highest BCUT2D eigenvalue weighted by Crippen LogP contribution is 2.33. The van der Waals surface area contributed by atoms with Gasteiger partial charge in [0.2, 0.25) is 17.8 Å². The molecule has 1 fully saturated rings. The van der Waals surface area contributed by atoms with Crippen LogP contribution in [0.25, 0.3) is 5.69 Å². The molecule has 3 heterocycles. The average molecular weight is 497 g/mol. The predicted molar refractivity (Wildman–Crippen MR) is 135 cm³/mol. The molecular formula is C24H25ClN6O2S. The second kappa shape index (κ2) is 9.68. The van der Waals surface area contributed by atoms with Gasteiger partial charge in [0.25, 0.3) is 0 Å². The van der Waals surface area contributed by atoms with Gasteiger partial charge in [-0.25, -0.2) is 0 Å². The number of fused-ring (bicyclic) bond motifs is 1. The van der Waals surface area contributed by atoms with E-state index >= 15 is 0 Å². The van der Waals surface area contributed by atoms with Gasteiger partial charge in [-0.2, -0.15) is 0 Å². The predicted octanol–water partition coefficient (Wildman–Crippen LogP) is 4.16. The summed E-state index contributed by atoms with van der Waals surface area (Å²) in [6.07, 6.45) is 3.02. The molecule has 2 aromatic carbocycles. The van der Waals surface area contributed by atoms with Crippen LogP contribution in [0.5, 0.6) is 0 Å². The van der Waals surface area contributed by atoms with Gasteiger partial charge in [-0.05, 0) is 55.2 Å². The topological polar surface area (TPSA) is 83.4 Å². The number of hydrogen-bond acceptors (Lipinski definition) is 6. The van der Waals surface area contributed by atoms with Crippen molar-refractivity contribution in [2.45, 2.75) is 31.3 Å². The lowest BCUT2D eigenvalue weighted by Crippen LogP contribution is -2.25. The lowest BCUT2D eigenvalue weighted by Gasteiger charge is -2.19. The summed E-state index contributed by atoms with van der Waals surface area (Å²) in [5.41, 5.74) is 3.50. The minimum absolute atomic E-state index is 0.0304. The molecule has 0 bridgehead atoms. The number of carbonyl (C=O) groups is 2. The maximum Gasteiger partial charge on any atom is 0.234 e. The Labute approximate surface area is 207 Å². The van der Waals surface area contributed by atoms with Gasteiger partial charge in [0, 0.05) is 37.9 Å². The summed E-state index contributed by atoms with van der Waals surface area (Å²) >= 11 is 7.83. The maximum atomic E-state index is 12.7. The molecule has 34 heavy (non-hydrogen) atoms. The highest BCUT2D eigenvalue weighted by Gasteiger charge is 2.25. The second-order valence-corrected chi connectivity index (χ2v) is 9.71. The van der Waals surface area contributed by atoms with Crippen LogP contribution in [0.3, 0.4) is 0 Å². The third-order valence-corrected chi connectivity index (χ3v) is 7.32. The van der Waals surface area contributed by atoms with Crippen molar-refractivity contribution >= 4 is 52.5 Å². The second-order valence-electron chi connectivity index (χ2n) is 8.36. The number of rotatable bonds is 6. The molecule has 0 radical (unpaired) electrons. The van der Waals surface area contributed by atoms with Crippen LogP contribution in [0.4, 0.5) is 17.3 Å². The number of anilines is 3. The first-order valence-corrected chi connectivity index (χ1v) is 12.7. The minimum Gasteiger partial charge on any atom is -0.341 e. The monoisotopic (exact) mass is 496 g/mol. The molecule has 8 nitrogen and oxygen atoms in total. The Morgan fingerprint density at radius 3 is 2.62 bits per heavy atom. The maximum absolute atomic E-state index is 12.7. The number of carbonyl (C=O) groups excluding carboxylic acids is 2. The van der Waals surface area contributed by atoms with Crippen molar-refractivity contribution in [2.75, 3.05) is 40.5 Å². The van der Waals surface area contributed by atoms with Crippen LogP contribution in [0.1, 0.15) is 25.3 Å². The zero-order valence-corrected chi connectivity index (χ0v) is 20.4. The number of halogens is 1. The van der Waals surface area contributed by atoms with Gasteiger partial charge < -0.3 is 15.1 Å². The molecule has 1 aromatic heterocycles. The molecule has 0 aliphatic carbocycles. The summed E-state index contributed by atoms with van der Waals surface area (Å²) < 4.78 is 1.94. The van der Waals surface area contributed by atoms with E-state index in [-0.39, 0.29) is 17.6 Å². The van der Waals surface area contributed by atoms with Gasteiger partial charge in [0.1, 0.15) is 0 Å². The molecule has 1 saturated heterocycles. The van der Waals surface area contributed by atoms with Crippen molar-refractivity contribution in [2.24, 2.45) is 0 Å². The van der Waals surface area contributed by atoms with Crippen molar-refractivity contribution in [3.8, 4) is 5.69 Å². The Bertz CT molecular complexity index is 1240. The summed E-state index contributed by atoms with van der Waals surface area (Å²) in [4.78, 5) is 28.5. The summed E-state index contributed by atoms with van der Waals surface area (Å²) in [5.74, 6) is 0.826. The van der Waals surface area contributed by atoms with Gasteiger partial charge in [-0.1, -0.05) is 35.5 Å². The zero-order chi connectivity index (χ0) is 23.7. The van der Waals surface area contributed by atoms with Crippen LogP contribution in [0.2, 0.25) is 5.02 Å². The Balaban J connectivity index is 1.31. The lowest BCUT2D eigenvalue weighted by atomic mass is 10.1. The lowest BCUT2D eigenvalue weighted by molar-refractivity contribution is -0.116. The van der Waals surface area contributed by atoms with Crippen molar-refractivity contribution in [1.29, 1.82) is 0 Å². The average Bonchev–Trinajstić information content (AvgIpc) is 3.57. The number of thioether (sulfide) groups is 1. The van der Waals surface area contributed by atoms with E-state index in [1.165, 1.54) is 11.8 Å². The molecule has 1 N–H and O–H groups in total. The molecule has 0 spiro atoms. The Morgan fingerprint density at radius 1 is 1.06 bits per heavy atom. The van der Waals surface area contributed by atoms with E-state index < -0.39 is 0 Å². The molecule has 0 unspecified atom stereocenters. The summed E-state index contributed by atoms with van der Waals surface area (Å²) in [6, 6.07) is 13.3. The SMILES string of the molecule is CC(=O)N1CCc2cc(NC(=O)CSc3nnc(N4CCCC4)n3-c3ccccc3Cl)ccc21. The Kier molecular flexibility index (Phi) is 6.47. The van der Waals surface area contributed by atoms with Crippen molar-refractivity contribution in [3.63, 3.8) is 0 Å². The first-order chi connectivity index (χ1) is 16.5. The number of amides is 2. The molecule has 2 aliphatic rings. The van der Waals surface area contributed by atoms with E-state index in [1.54, 1.807) is 11.8 Å². The van der Waals surface area contributed by atoms with Gasteiger partial charge in [-0.3, -0.25) is 14.2 Å². The number of hydrogen-bond donors (Lipinski definition) is 1. The Morgan fingerprint density at radius 2 is 1.85 bits per heavy atom. The summed E-state index contributed by atoms with van der Waals surface area (Å²) in [6.45, 7) is 4.09. The van der Waals surface area contributed by atoms with E-state index in [1.807, 2.05) is 47.0 Å². The van der Waals surface area contributed by atoms with Crippen LogP contribution < -0.4 is 15.1 Å². The van der Waals surface area contributed by atoms with Gasteiger partial charge in [0.15, 0.2) is 5.16 Å². The number of benzene rings is 2. The fraction of sp³-hybridized carbons (Fsp3) is 0.333. The third-order valence-electron chi connectivity index (χ3n) is 6.07. The van der Waals surface area contributed by atoms with Crippen LogP contribution in [-0.4, -0.2) is 52.0 Å².